The van der Waals surface area contributed by atoms with Gasteiger partial charge in [0.25, 0.3) is 5.69 Å². The van der Waals surface area contributed by atoms with E-state index in [1.165, 1.54) is 0 Å². The predicted molar refractivity (Wildman–Crippen MR) is 71.4 cm³/mol. The molecule has 106 valence electrons. The molecule has 1 aromatic carbocycles. The van der Waals surface area contributed by atoms with E-state index in [9.17, 15) is 14.5 Å². The third-order valence-corrected chi connectivity index (χ3v) is 3.03. The van der Waals surface area contributed by atoms with Crippen molar-refractivity contribution in [2.24, 2.45) is 0 Å². The second-order valence-corrected chi connectivity index (χ2v) is 4.55. The maximum absolute atomic E-state index is 13.4. The molecule has 1 aromatic heterocycles. The van der Waals surface area contributed by atoms with E-state index in [2.05, 4.69) is 10.3 Å². The average Bonchev–Trinajstić information content (AvgIpc) is 2.69. The minimum atomic E-state index is -0.737. The molecule has 0 spiro atoms. The van der Waals surface area contributed by atoms with Gasteiger partial charge in [0.1, 0.15) is 17.3 Å². The number of rotatable bonds is 4. The SMILES string of the molecule is Cc1nc(CNc2cc(F)c(Cl)cc2[N+](=O)[O-])oc1C. The lowest BCUT2D eigenvalue weighted by atomic mass is 10.2. The van der Waals surface area contributed by atoms with Crippen molar-refractivity contribution in [2.75, 3.05) is 5.32 Å². The highest BCUT2D eigenvalue weighted by molar-refractivity contribution is 6.31. The fraction of sp³-hybridized carbons (Fsp3) is 0.250. The van der Waals surface area contributed by atoms with Crippen molar-refractivity contribution in [1.82, 2.24) is 4.98 Å². The Morgan fingerprint density at radius 2 is 2.20 bits per heavy atom. The summed E-state index contributed by atoms with van der Waals surface area (Å²) in [5.41, 5.74) is 0.445. The van der Waals surface area contributed by atoms with Crippen molar-refractivity contribution in [1.29, 1.82) is 0 Å². The van der Waals surface area contributed by atoms with Gasteiger partial charge < -0.3 is 9.73 Å². The van der Waals surface area contributed by atoms with E-state index < -0.39 is 10.7 Å². The molecule has 0 aliphatic carbocycles. The maximum Gasteiger partial charge on any atom is 0.294 e. The van der Waals surface area contributed by atoms with E-state index in [-0.39, 0.29) is 22.9 Å². The summed E-state index contributed by atoms with van der Waals surface area (Å²) in [6.07, 6.45) is 0. The summed E-state index contributed by atoms with van der Waals surface area (Å²) < 4.78 is 18.7. The summed E-state index contributed by atoms with van der Waals surface area (Å²) in [5.74, 6) is 0.294. The fourth-order valence-corrected chi connectivity index (χ4v) is 1.77. The van der Waals surface area contributed by atoms with Crippen LogP contribution in [0.25, 0.3) is 0 Å². The number of aryl methyl sites for hydroxylation is 2. The van der Waals surface area contributed by atoms with Crippen LogP contribution in [0, 0.1) is 29.8 Å². The molecule has 0 amide bonds. The molecule has 0 aliphatic rings. The molecule has 0 radical (unpaired) electrons. The lowest BCUT2D eigenvalue weighted by molar-refractivity contribution is -0.384. The van der Waals surface area contributed by atoms with Crippen molar-refractivity contribution in [2.45, 2.75) is 20.4 Å². The van der Waals surface area contributed by atoms with Crippen molar-refractivity contribution >= 4 is 23.0 Å². The largest absolute Gasteiger partial charge is 0.444 e. The number of nitrogens with one attached hydrogen (secondary N) is 1. The van der Waals surface area contributed by atoms with Crippen LogP contribution in [0.2, 0.25) is 5.02 Å². The summed E-state index contributed by atoms with van der Waals surface area (Å²) in [4.78, 5) is 14.4. The third kappa shape index (κ3) is 2.88. The van der Waals surface area contributed by atoms with Gasteiger partial charge in [-0.05, 0) is 13.8 Å². The first kappa shape index (κ1) is 14.3. The first-order valence-corrected chi connectivity index (χ1v) is 6.06. The van der Waals surface area contributed by atoms with E-state index in [4.69, 9.17) is 16.0 Å². The lowest BCUT2D eigenvalue weighted by Gasteiger charge is -2.06. The summed E-state index contributed by atoms with van der Waals surface area (Å²) in [6, 6.07) is 1.94. The molecule has 0 atom stereocenters. The van der Waals surface area contributed by atoms with E-state index in [0.717, 1.165) is 17.8 Å². The highest BCUT2D eigenvalue weighted by atomic mass is 35.5. The van der Waals surface area contributed by atoms with E-state index in [1.54, 1.807) is 13.8 Å². The minimum Gasteiger partial charge on any atom is -0.444 e. The Kier molecular flexibility index (Phi) is 3.89. The summed E-state index contributed by atoms with van der Waals surface area (Å²) in [7, 11) is 0. The van der Waals surface area contributed by atoms with Crippen LogP contribution >= 0.6 is 11.6 Å². The molecule has 0 aliphatic heterocycles. The van der Waals surface area contributed by atoms with Crippen LogP contribution in [0.1, 0.15) is 17.3 Å². The van der Waals surface area contributed by atoms with Crippen LogP contribution in [0.3, 0.4) is 0 Å². The molecule has 2 aromatic rings. The van der Waals surface area contributed by atoms with Crippen LogP contribution in [0.4, 0.5) is 15.8 Å². The minimum absolute atomic E-state index is 0.0189. The van der Waals surface area contributed by atoms with Crippen molar-refractivity contribution in [3.05, 3.63) is 50.4 Å². The zero-order valence-corrected chi connectivity index (χ0v) is 11.5. The predicted octanol–water partition coefficient (Wildman–Crippen LogP) is 3.60. The Hall–Kier alpha value is -2.15. The van der Waals surface area contributed by atoms with E-state index >= 15 is 0 Å². The fourth-order valence-electron chi connectivity index (χ4n) is 1.61. The summed E-state index contributed by atoms with van der Waals surface area (Å²) in [5, 5.41) is 13.3. The molecule has 0 saturated heterocycles. The highest BCUT2D eigenvalue weighted by Crippen LogP contribution is 2.30. The second-order valence-electron chi connectivity index (χ2n) is 4.14. The molecule has 6 nitrogen and oxygen atoms in total. The Bertz CT molecular complexity index is 653. The van der Waals surface area contributed by atoms with Crippen LogP contribution in [-0.4, -0.2) is 9.91 Å². The van der Waals surface area contributed by atoms with E-state index in [1.807, 2.05) is 0 Å². The topological polar surface area (TPSA) is 81.2 Å². The molecule has 1 heterocycles. The zero-order valence-electron chi connectivity index (χ0n) is 10.7. The van der Waals surface area contributed by atoms with Crippen LogP contribution < -0.4 is 5.32 Å². The van der Waals surface area contributed by atoms with Crippen molar-refractivity contribution in [3.8, 4) is 0 Å². The number of halogens is 2. The summed E-state index contributed by atoms with van der Waals surface area (Å²) >= 11 is 5.53. The van der Waals surface area contributed by atoms with Gasteiger partial charge in [-0.25, -0.2) is 9.37 Å². The van der Waals surface area contributed by atoms with Crippen LogP contribution in [0.5, 0.6) is 0 Å². The van der Waals surface area contributed by atoms with Gasteiger partial charge in [-0.1, -0.05) is 11.6 Å². The number of oxazole rings is 1. The Morgan fingerprint density at radius 3 is 2.75 bits per heavy atom. The normalized spacial score (nSPS) is 10.6. The first-order chi connectivity index (χ1) is 9.38. The van der Waals surface area contributed by atoms with Gasteiger partial charge >= 0.3 is 0 Å². The van der Waals surface area contributed by atoms with Crippen LogP contribution in [-0.2, 0) is 6.54 Å². The number of anilines is 1. The molecular formula is C12H11ClFN3O3. The molecule has 20 heavy (non-hydrogen) atoms. The zero-order chi connectivity index (χ0) is 14.9. The second kappa shape index (κ2) is 5.46. The van der Waals surface area contributed by atoms with Gasteiger partial charge in [-0.3, -0.25) is 10.1 Å². The lowest BCUT2D eigenvalue weighted by Crippen LogP contribution is -2.03. The quantitative estimate of drug-likeness (QED) is 0.689. The highest BCUT2D eigenvalue weighted by Gasteiger charge is 2.18. The molecule has 0 fully saturated rings. The number of nitrogens with zero attached hydrogens (tertiary/aromatic N) is 2. The van der Waals surface area contributed by atoms with Gasteiger partial charge in [0, 0.05) is 12.1 Å². The Labute approximate surface area is 118 Å². The average molecular weight is 300 g/mol. The molecule has 2 rings (SSSR count). The summed E-state index contributed by atoms with van der Waals surface area (Å²) in [6.45, 7) is 3.65. The Balaban J connectivity index is 2.24. The van der Waals surface area contributed by atoms with Gasteiger partial charge in [-0.15, -0.1) is 0 Å². The molecule has 1 N–H and O–H groups in total. The molecule has 0 saturated carbocycles. The van der Waals surface area contributed by atoms with Gasteiger partial charge in [0.15, 0.2) is 0 Å². The number of aromatic nitrogens is 1. The number of benzene rings is 1. The third-order valence-electron chi connectivity index (χ3n) is 2.74. The van der Waals surface area contributed by atoms with Gasteiger partial charge in [-0.2, -0.15) is 0 Å². The van der Waals surface area contributed by atoms with Gasteiger partial charge in [0.2, 0.25) is 5.89 Å². The molecule has 0 bridgehead atoms. The number of nitro benzene ring substituents is 1. The number of nitro groups is 1. The first-order valence-electron chi connectivity index (χ1n) is 5.68. The molecular weight excluding hydrogens is 289 g/mol. The monoisotopic (exact) mass is 299 g/mol. The Morgan fingerprint density at radius 1 is 1.50 bits per heavy atom. The number of hydrogen-bond acceptors (Lipinski definition) is 5. The van der Waals surface area contributed by atoms with Crippen molar-refractivity contribution in [3.63, 3.8) is 0 Å². The van der Waals surface area contributed by atoms with Crippen molar-refractivity contribution < 1.29 is 13.7 Å². The molecule has 0 unspecified atom stereocenters. The molecule has 8 heteroatoms. The maximum atomic E-state index is 13.4. The smallest absolute Gasteiger partial charge is 0.294 e. The number of hydrogen-bond donors (Lipinski definition) is 1. The van der Waals surface area contributed by atoms with Gasteiger partial charge in [0.05, 0.1) is 22.2 Å². The van der Waals surface area contributed by atoms with E-state index in [0.29, 0.717) is 11.7 Å². The van der Waals surface area contributed by atoms with Crippen LogP contribution in [0.15, 0.2) is 16.5 Å². The standard InChI is InChI=1S/C12H11ClFN3O3/c1-6-7(2)20-12(16-6)5-15-10-4-9(14)8(13)3-11(10)17(18)19/h3-4,15H,5H2,1-2H3.